The zero-order valence-corrected chi connectivity index (χ0v) is 7.07. The Morgan fingerprint density at radius 3 is 2.25 bits per heavy atom. The van der Waals surface area contributed by atoms with Crippen molar-refractivity contribution in [3.63, 3.8) is 0 Å². The second-order valence-corrected chi connectivity index (χ2v) is 2.81. The summed E-state index contributed by atoms with van der Waals surface area (Å²) < 4.78 is 25.6. The second kappa shape index (κ2) is 3.37. The molecule has 1 nitrogen and oxygen atoms in total. The molecule has 0 fully saturated rings. The molecule has 66 valence electrons. The van der Waals surface area contributed by atoms with Crippen LogP contribution in [0.4, 0.5) is 8.78 Å². The van der Waals surface area contributed by atoms with Gasteiger partial charge in [0.1, 0.15) is 11.6 Å². The van der Waals surface area contributed by atoms with Gasteiger partial charge in [0.15, 0.2) is 0 Å². The van der Waals surface area contributed by atoms with Gasteiger partial charge in [-0.25, -0.2) is 8.78 Å². The first kappa shape index (κ1) is 9.42. The van der Waals surface area contributed by atoms with Crippen LogP contribution < -0.4 is 0 Å². The van der Waals surface area contributed by atoms with Crippen molar-refractivity contribution in [3.05, 3.63) is 34.4 Å². The van der Waals surface area contributed by atoms with Crippen molar-refractivity contribution in [1.82, 2.24) is 0 Å². The summed E-state index contributed by atoms with van der Waals surface area (Å²) in [7, 11) is 0. The Bertz CT molecular complexity index is 299. The molecule has 1 aromatic carbocycles. The van der Waals surface area contributed by atoms with Gasteiger partial charge in [-0.2, -0.15) is 0 Å². The largest absolute Gasteiger partial charge is 0.389 e. The molecule has 0 saturated heterocycles. The Morgan fingerprint density at radius 2 is 1.83 bits per heavy atom. The summed E-state index contributed by atoms with van der Waals surface area (Å²) in [5.41, 5.74) is -0.198. The summed E-state index contributed by atoms with van der Waals surface area (Å²) in [6.45, 7) is 1.32. The van der Waals surface area contributed by atoms with Gasteiger partial charge < -0.3 is 5.11 Å². The van der Waals surface area contributed by atoms with E-state index < -0.39 is 17.7 Å². The Morgan fingerprint density at radius 1 is 1.33 bits per heavy atom. The lowest BCUT2D eigenvalue weighted by molar-refractivity contribution is 0.193. The van der Waals surface area contributed by atoms with Gasteiger partial charge in [0.2, 0.25) is 0 Å². The third-order valence-corrected chi connectivity index (χ3v) is 1.88. The monoisotopic (exact) mass is 192 g/mol. The van der Waals surface area contributed by atoms with Gasteiger partial charge in [-0.1, -0.05) is 11.6 Å². The molecule has 4 heteroatoms. The first-order valence-corrected chi connectivity index (χ1v) is 3.73. The Kier molecular flexibility index (Phi) is 2.65. The lowest BCUT2D eigenvalue weighted by Gasteiger charge is -2.08. The van der Waals surface area contributed by atoms with E-state index in [2.05, 4.69) is 0 Å². The van der Waals surface area contributed by atoms with E-state index in [9.17, 15) is 8.78 Å². The molecule has 1 aromatic rings. The van der Waals surface area contributed by atoms with E-state index in [0.717, 1.165) is 12.1 Å². The minimum atomic E-state index is -1.10. The van der Waals surface area contributed by atoms with E-state index in [1.807, 2.05) is 0 Å². The van der Waals surface area contributed by atoms with Crippen LogP contribution in [0.3, 0.4) is 0 Å². The van der Waals surface area contributed by atoms with Gasteiger partial charge in [-0.3, -0.25) is 0 Å². The highest BCUT2D eigenvalue weighted by Gasteiger charge is 2.15. The van der Waals surface area contributed by atoms with Crippen LogP contribution >= 0.6 is 11.6 Å². The molecule has 0 radical (unpaired) electrons. The van der Waals surface area contributed by atoms with Crippen molar-refractivity contribution in [2.75, 3.05) is 0 Å². The molecule has 0 saturated carbocycles. The molecule has 0 bridgehead atoms. The van der Waals surface area contributed by atoms with Crippen molar-refractivity contribution >= 4 is 11.6 Å². The van der Waals surface area contributed by atoms with Gasteiger partial charge >= 0.3 is 0 Å². The highest BCUT2D eigenvalue weighted by Crippen LogP contribution is 2.27. The summed E-state index contributed by atoms with van der Waals surface area (Å²) in [4.78, 5) is 0. The van der Waals surface area contributed by atoms with Gasteiger partial charge in [0, 0.05) is 5.56 Å². The summed E-state index contributed by atoms with van der Waals surface area (Å²) in [5.74, 6) is -1.43. The number of halogens is 3. The van der Waals surface area contributed by atoms with Crippen LogP contribution in [0.5, 0.6) is 0 Å². The number of aliphatic hydroxyl groups is 1. The fourth-order valence-corrected chi connectivity index (χ4v) is 1.24. The zero-order chi connectivity index (χ0) is 9.30. The van der Waals surface area contributed by atoms with Crippen molar-refractivity contribution in [2.24, 2.45) is 0 Å². The van der Waals surface area contributed by atoms with Gasteiger partial charge in [0.25, 0.3) is 0 Å². The molecule has 12 heavy (non-hydrogen) atoms. The van der Waals surface area contributed by atoms with Crippen LogP contribution in [0.2, 0.25) is 5.02 Å². The maximum absolute atomic E-state index is 12.9. The lowest BCUT2D eigenvalue weighted by atomic mass is 10.1. The van der Waals surface area contributed by atoms with E-state index in [4.69, 9.17) is 16.7 Å². The maximum Gasteiger partial charge on any atom is 0.142 e. The average Bonchev–Trinajstić information content (AvgIpc) is 1.97. The summed E-state index contributed by atoms with van der Waals surface area (Å²) in [5, 5.41) is 8.66. The zero-order valence-electron chi connectivity index (χ0n) is 6.31. The average molecular weight is 193 g/mol. The first-order chi connectivity index (χ1) is 5.54. The van der Waals surface area contributed by atoms with Crippen molar-refractivity contribution in [2.45, 2.75) is 13.0 Å². The molecule has 0 spiro atoms. The molecule has 1 rings (SSSR count). The first-order valence-electron chi connectivity index (χ1n) is 3.35. The molecule has 0 aliphatic rings. The van der Waals surface area contributed by atoms with E-state index in [1.165, 1.54) is 6.92 Å². The fourth-order valence-electron chi connectivity index (χ4n) is 0.926. The lowest BCUT2D eigenvalue weighted by Crippen LogP contribution is -1.98. The van der Waals surface area contributed by atoms with E-state index in [1.54, 1.807) is 0 Å². The highest BCUT2D eigenvalue weighted by atomic mass is 35.5. The maximum atomic E-state index is 12.9. The Hall–Kier alpha value is -0.670. The molecular formula is C8H7ClF2O. The predicted octanol–water partition coefficient (Wildman–Crippen LogP) is 2.67. The van der Waals surface area contributed by atoms with Crippen molar-refractivity contribution in [3.8, 4) is 0 Å². The molecule has 0 heterocycles. The summed E-state index contributed by atoms with van der Waals surface area (Å²) >= 11 is 5.42. The Labute approximate surface area is 73.6 Å². The van der Waals surface area contributed by atoms with Crippen LogP contribution in [-0.4, -0.2) is 5.11 Å². The van der Waals surface area contributed by atoms with E-state index in [0.29, 0.717) is 0 Å². The summed E-state index contributed by atoms with van der Waals surface area (Å²) in [6, 6.07) is 1.85. The molecule has 0 aliphatic heterocycles. The standard InChI is InChI=1S/C8H7ClF2O/c1-4(12)7-5(10)2-3-6(11)8(7)9/h2-4,12H,1H3/t4-/m0/s1. The van der Waals surface area contributed by atoms with Crippen molar-refractivity contribution in [1.29, 1.82) is 0 Å². The highest BCUT2D eigenvalue weighted by molar-refractivity contribution is 6.31. The molecule has 1 atom stereocenters. The molecule has 0 unspecified atom stereocenters. The number of hydrogen-bond donors (Lipinski definition) is 1. The Balaban J connectivity index is 3.33. The van der Waals surface area contributed by atoms with E-state index >= 15 is 0 Å². The van der Waals surface area contributed by atoms with E-state index in [-0.39, 0.29) is 10.6 Å². The SMILES string of the molecule is C[C@H](O)c1c(F)ccc(F)c1Cl. The summed E-state index contributed by atoms with van der Waals surface area (Å²) in [6.07, 6.45) is -1.10. The van der Waals surface area contributed by atoms with Crippen molar-refractivity contribution < 1.29 is 13.9 Å². The van der Waals surface area contributed by atoms with Crippen LogP contribution in [-0.2, 0) is 0 Å². The number of rotatable bonds is 1. The van der Waals surface area contributed by atoms with Crippen LogP contribution in [0.15, 0.2) is 12.1 Å². The number of benzene rings is 1. The third-order valence-electron chi connectivity index (χ3n) is 1.50. The van der Waals surface area contributed by atoms with Gasteiger partial charge in [-0.05, 0) is 19.1 Å². The van der Waals surface area contributed by atoms with Crippen LogP contribution in [0.25, 0.3) is 0 Å². The predicted molar refractivity (Wildman–Crippen MR) is 42.0 cm³/mol. The third kappa shape index (κ3) is 1.57. The number of hydrogen-bond acceptors (Lipinski definition) is 1. The minimum Gasteiger partial charge on any atom is -0.389 e. The fraction of sp³-hybridized carbons (Fsp3) is 0.250. The van der Waals surface area contributed by atoms with Crippen LogP contribution in [0, 0.1) is 11.6 Å². The topological polar surface area (TPSA) is 20.2 Å². The molecule has 0 aliphatic carbocycles. The van der Waals surface area contributed by atoms with Gasteiger partial charge in [-0.15, -0.1) is 0 Å². The smallest absolute Gasteiger partial charge is 0.142 e. The minimum absolute atomic E-state index is 0.198. The molecule has 0 aromatic heterocycles. The molecular weight excluding hydrogens is 186 g/mol. The molecule has 0 amide bonds. The quantitative estimate of drug-likeness (QED) is 0.679. The molecule has 1 N–H and O–H groups in total. The number of aliphatic hydroxyl groups excluding tert-OH is 1. The van der Waals surface area contributed by atoms with Crippen LogP contribution in [0.1, 0.15) is 18.6 Å². The second-order valence-electron chi connectivity index (χ2n) is 2.43. The normalized spacial score (nSPS) is 13.1. The van der Waals surface area contributed by atoms with Gasteiger partial charge in [0.05, 0.1) is 11.1 Å².